The van der Waals surface area contributed by atoms with Gasteiger partial charge < -0.3 is 10.1 Å². The van der Waals surface area contributed by atoms with Gasteiger partial charge in [0.15, 0.2) is 5.16 Å². The number of nitrogens with one attached hydrogen (secondary N) is 2. The SMILES string of the molecule is COCCCn1c(SC(C)C(=O)Nc2c(C)cccc2C(C)C)n[nH]c1=O. The van der Waals surface area contributed by atoms with Crippen molar-refractivity contribution in [3.8, 4) is 0 Å². The Balaban J connectivity index is 2.11. The molecule has 1 aromatic heterocycles. The van der Waals surface area contributed by atoms with Crippen LogP contribution in [-0.2, 0) is 16.1 Å². The summed E-state index contributed by atoms with van der Waals surface area (Å²) in [6.07, 6.45) is 0.699. The third-order valence-corrected chi connectivity index (χ3v) is 5.37. The molecule has 1 heterocycles. The van der Waals surface area contributed by atoms with Crippen LogP contribution in [0.1, 0.15) is 44.2 Å². The molecule has 8 heteroatoms. The monoisotopic (exact) mass is 392 g/mol. The van der Waals surface area contributed by atoms with E-state index in [-0.39, 0.29) is 11.6 Å². The van der Waals surface area contributed by atoms with Crippen molar-refractivity contribution in [3.05, 3.63) is 39.8 Å². The molecule has 1 unspecified atom stereocenters. The topological polar surface area (TPSA) is 89.0 Å². The average Bonchev–Trinajstić information content (AvgIpc) is 2.96. The Morgan fingerprint density at radius 1 is 1.37 bits per heavy atom. The molecule has 0 aliphatic heterocycles. The van der Waals surface area contributed by atoms with E-state index in [4.69, 9.17) is 4.74 Å². The molecule has 2 rings (SSSR count). The standard InChI is InChI=1S/C19H28N4O3S/c1-12(2)15-9-6-8-13(3)16(15)20-17(24)14(4)27-19-22-21-18(25)23(19)10-7-11-26-5/h6,8-9,12,14H,7,10-11H2,1-5H3,(H,20,24)(H,21,25). The number of benzene rings is 1. The summed E-state index contributed by atoms with van der Waals surface area (Å²) in [4.78, 5) is 24.7. The van der Waals surface area contributed by atoms with Crippen LogP contribution in [0.4, 0.5) is 5.69 Å². The Morgan fingerprint density at radius 2 is 2.11 bits per heavy atom. The first-order valence-electron chi connectivity index (χ1n) is 9.06. The Hall–Kier alpha value is -2.06. The van der Waals surface area contributed by atoms with Gasteiger partial charge >= 0.3 is 5.69 Å². The van der Waals surface area contributed by atoms with Crippen molar-refractivity contribution >= 4 is 23.4 Å². The highest BCUT2D eigenvalue weighted by atomic mass is 32.2. The van der Waals surface area contributed by atoms with Crippen LogP contribution in [0.25, 0.3) is 0 Å². The number of hydrogen-bond acceptors (Lipinski definition) is 5. The maximum absolute atomic E-state index is 12.7. The number of ether oxygens (including phenoxy) is 1. The molecule has 7 nitrogen and oxygen atoms in total. The molecule has 0 aliphatic rings. The van der Waals surface area contributed by atoms with Crippen LogP contribution in [0, 0.1) is 6.92 Å². The van der Waals surface area contributed by atoms with E-state index in [0.717, 1.165) is 16.8 Å². The first-order valence-corrected chi connectivity index (χ1v) is 9.94. The number of aryl methyl sites for hydroxylation is 1. The summed E-state index contributed by atoms with van der Waals surface area (Å²) in [6.45, 7) is 9.06. The number of aromatic nitrogens is 3. The molecular weight excluding hydrogens is 364 g/mol. The molecule has 0 radical (unpaired) electrons. The summed E-state index contributed by atoms with van der Waals surface area (Å²) in [5.74, 6) is 0.190. The molecule has 0 bridgehead atoms. The second kappa shape index (κ2) is 9.75. The summed E-state index contributed by atoms with van der Waals surface area (Å²) in [5, 5.41) is 9.67. The number of methoxy groups -OCH3 is 1. The molecule has 0 spiro atoms. The van der Waals surface area contributed by atoms with Crippen molar-refractivity contribution in [1.82, 2.24) is 14.8 Å². The zero-order chi connectivity index (χ0) is 20.0. The van der Waals surface area contributed by atoms with E-state index in [0.29, 0.717) is 30.6 Å². The van der Waals surface area contributed by atoms with Gasteiger partial charge in [-0.2, -0.15) is 0 Å². The van der Waals surface area contributed by atoms with Gasteiger partial charge in [-0.25, -0.2) is 9.89 Å². The van der Waals surface area contributed by atoms with Crippen molar-refractivity contribution in [2.45, 2.75) is 57.0 Å². The van der Waals surface area contributed by atoms with Gasteiger partial charge in [-0.3, -0.25) is 9.36 Å². The highest BCUT2D eigenvalue weighted by molar-refractivity contribution is 8.00. The highest BCUT2D eigenvalue weighted by Crippen LogP contribution is 2.29. The van der Waals surface area contributed by atoms with Crippen LogP contribution in [0.3, 0.4) is 0 Å². The fraction of sp³-hybridized carbons (Fsp3) is 0.526. The minimum Gasteiger partial charge on any atom is -0.385 e. The maximum atomic E-state index is 12.7. The van der Waals surface area contributed by atoms with Crippen molar-refractivity contribution in [1.29, 1.82) is 0 Å². The predicted octanol–water partition coefficient (Wildman–Crippen LogP) is 3.16. The number of rotatable bonds is 9. The Kier molecular flexibility index (Phi) is 7.67. The molecule has 0 saturated heterocycles. The van der Waals surface area contributed by atoms with Gasteiger partial charge in [-0.1, -0.05) is 43.8 Å². The van der Waals surface area contributed by atoms with Gasteiger partial charge in [0.25, 0.3) is 0 Å². The largest absolute Gasteiger partial charge is 0.385 e. The zero-order valence-electron chi connectivity index (χ0n) is 16.5. The lowest BCUT2D eigenvalue weighted by Gasteiger charge is -2.18. The first-order chi connectivity index (χ1) is 12.8. The molecule has 148 valence electrons. The van der Waals surface area contributed by atoms with E-state index in [1.165, 1.54) is 11.8 Å². The van der Waals surface area contributed by atoms with Gasteiger partial charge in [-0.05, 0) is 37.3 Å². The molecular formula is C19H28N4O3S. The van der Waals surface area contributed by atoms with Crippen molar-refractivity contribution < 1.29 is 9.53 Å². The minimum atomic E-state index is -0.402. The van der Waals surface area contributed by atoms with Crippen LogP contribution >= 0.6 is 11.8 Å². The lowest BCUT2D eigenvalue weighted by atomic mass is 9.98. The molecule has 0 aliphatic carbocycles. The van der Waals surface area contributed by atoms with Crippen LogP contribution < -0.4 is 11.0 Å². The van der Waals surface area contributed by atoms with Crippen LogP contribution in [0.15, 0.2) is 28.2 Å². The van der Waals surface area contributed by atoms with E-state index in [1.54, 1.807) is 11.7 Å². The number of carbonyl (C=O) groups is 1. The molecule has 1 amide bonds. The molecule has 0 fully saturated rings. The number of anilines is 1. The number of carbonyl (C=O) groups excluding carboxylic acids is 1. The smallest absolute Gasteiger partial charge is 0.343 e. The van der Waals surface area contributed by atoms with Crippen LogP contribution in [0.2, 0.25) is 0 Å². The number of hydrogen-bond donors (Lipinski definition) is 2. The van der Waals surface area contributed by atoms with Gasteiger partial charge in [-0.15, -0.1) is 5.10 Å². The first kappa shape index (κ1) is 21.2. The lowest BCUT2D eigenvalue weighted by Crippen LogP contribution is -2.25. The normalized spacial score (nSPS) is 12.4. The number of H-pyrrole nitrogens is 1. The van der Waals surface area contributed by atoms with Gasteiger partial charge in [0.2, 0.25) is 5.91 Å². The molecule has 0 saturated carbocycles. The molecule has 1 atom stereocenters. The maximum Gasteiger partial charge on any atom is 0.343 e. The number of para-hydroxylation sites is 1. The Labute approximate surface area is 163 Å². The second-order valence-corrected chi connectivity index (χ2v) is 8.06. The molecule has 2 aromatic rings. The highest BCUT2D eigenvalue weighted by Gasteiger charge is 2.21. The van der Waals surface area contributed by atoms with Crippen molar-refractivity contribution in [3.63, 3.8) is 0 Å². The second-order valence-electron chi connectivity index (χ2n) is 6.75. The van der Waals surface area contributed by atoms with Crippen molar-refractivity contribution in [2.24, 2.45) is 0 Å². The Bertz CT molecular complexity index is 829. The van der Waals surface area contributed by atoms with E-state index < -0.39 is 5.25 Å². The fourth-order valence-corrected chi connectivity index (χ4v) is 3.62. The number of amides is 1. The third-order valence-electron chi connectivity index (χ3n) is 4.28. The zero-order valence-corrected chi connectivity index (χ0v) is 17.4. The quantitative estimate of drug-likeness (QED) is 0.505. The average molecular weight is 393 g/mol. The van der Waals surface area contributed by atoms with Gasteiger partial charge in [0.05, 0.1) is 5.25 Å². The summed E-state index contributed by atoms with van der Waals surface area (Å²) in [7, 11) is 1.62. The van der Waals surface area contributed by atoms with E-state index in [2.05, 4.69) is 29.4 Å². The number of thioether (sulfide) groups is 1. The fourth-order valence-electron chi connectivity index (χ4n) is 2.74. The van der Waals surface area contributed by atoms with Crippen LogP contribution in [0.5, 0.6) is 0 Å². The van der Waals surface area contributed by atoms with Gasteiger partial charge in [0, 0.05) is 25.9 Å². The molecule has 2 N–H and O–H groups in total. The Morgan fingerprint density at radius 3 is 2.78 bits per heavy atom. The molecule has 27 heavy (non-hydrogen) atoms. The number of nitrogens with zero attached hydrogens (tertiary/aromatic N) is 2. The summed E-state index contributed by atoms with van der Waals surface area (Å²) >= 11 is 1.26. The van der Waals surface area contributed by atoms with E-state index >= 15 is 0 Å². The summed E-state index contributed by atoms with van der Waals surface area (Å²) in [6, 6.07) is 6.02. The summed E-state index contributed by atoms with van der Waals surface area (Å²) < 4.78 is 6.57. The number of aromatic amines is 1. The minimum absolute atomic E-state index is 0.116. The lowest BCUT2D eigenvalue weighted by molar-refractivity contribution is -0.115. The predicted molar refractivity (Wildman–Crippen MR) is 109 cm³/mol. The third kappa shape index (κ3) is 5.46. The van der Waals surface area contributed by atoms with Crippen molar-refractivity contribution in [2.75, 3.05) is 19.0 Å². The van der Waals surface area contributed by atoms with Crippen LogP contribution in [-0.4, -0.2) is 39.6 Å². The van der Waals surface area contributed by atoms with Gasteiger partial charge in [0.1, 0.15) is 0 Å². The summed E-state index contributed by atoms with van der Waals surface area (Å²) in [5.41, 5.74) is 2.73. The molecule has 1 aromatic carbocycles. The van der Waals surface area contributed by atoms with E-state index in [9.17, 15) is 9.59 Å². The van der Waals surface area contributed by atoms with E-state index in [1.807, 2.05) is 32.0 Å².